The summed E-state index contributed by atoms with van der Waals surface area (Å²) in [5.41, 5.74) is 2.26. The minimum Gasteiger partial charge on any atom is -0.475 e. The van der Waals surface area contributed by atoms with Gasteiger partial charge in [0, 0.05) is 16.3 Å². The summed E-state index contributed by atoms with van der Waals surface area (Å²) in [6, 6.07) is 9.22. The summed E-state index contributed by atoms with van der Waals surface area (Å²) >= 11 is 6.29. The van der Waals surface area contributed by atoms with Crippen LogP contribution >= 0.6 is 11.6 Å². The van der Waals surface area contributed by atoms with Crippen molar-refractivity contribution < 1.29 is 35.9 Å². The van der Waals surface area contributed by atoms with Crippen LogP contribution in [0.3, 0.4) is 0 Å². The zero-order valence-corrected chi connectivity index (χ0v) is 18.2. The number of sulfone groups is 1. The van der Waals surface area contributed by atoms with E-state index in [2.05, 4.69) is 15.2 Å². The smallest absolute Gasteiger partial charge is 0.475 e. The maximum Gasteiger partial charge on any atom is 0.490 e. The maximum atomic E-state index is 13.4. The number of aromatic amines is 1. The summed E-state index contributed by atoms with van der Waals surface area (Å²) in [6.07, 6.45) is -3.44. The van der Waals surface area contributed by atoms with E-state index in [4.69, 9.17) is 21.5 Å². The van der Waals surface area contributed by atoms with Gasteiger partial charge in [0.2, 0.25) is 0 Å². The molecule has 2 N–H and O–H groups in total. The number of nitrogens with one attached hydrogen (secondary N) is 1. The van der Waals surface area contributed by atoms with Crippen molar-refractivity contribution in [2.24, 2.45) is 0 Å². The molecule has 0 amide bonds. The van der Waals surface area contributed by atoms with E-state index in [9.17, 15) is 26.0 Å². The molecule has 2 aromatic heterocycles. The predicted molar refractivity (Wildman–Crippen MR) is 113 cm³/mol. The van der Waals surface area contributed by atoms with E-state index in [0.717, 1.165) is 10.9 Å². The Morgan fingerprint density at radius 3 is 2.33 bits per heavy atom. The van der Waals surface area contributed by atoms with E-state index in [1.807, 2.05) is 6.07 Å². The summed E-state index contributed by atoms with van der Waals surface area (Å²) in [6.45, 7) is 1.55. The quantitative estimate of drug-likeness (QED) is 0.300. The van der Waals surface area contributed by atoms with Crippen LogP contribution < -0.4 is 0 Å². The molecule has 0 atom stereocenters. The van der Waals surface area contributed by atoms with Crippen molar-refractivity contribution in [1.29, 1.82) is 0 Å². The first-order chi connectivity index (χ1) is 15.3. The number of alkyl halides is 3. The van der Waals surface area contributed by atoms with Crippen molar-refractivity contribution in [1.82, 2.24) is 15.2 Å². The van der Waals surface area contributed by atoms with Crippen molar-refractivity contribution in [3.8, 4) is 11.1 Å². The number of carboxylic acid groups (broad SMARTS) is 1. The van der Waals surface area contributed by atoms with Crippen molar-refractivity contribution in [2.75, 3.05) is 5.75 Å². The highest BCUT2D eigenvalue weighted by Crippen LogP contribution is 2.39. The number of hydrogen-bond acceptors (Lipinski definition) is 5. The average Bonchev–Trinajstić information content (AvgIpc) is 3.19. The Bertz CT molecular complexity index is 1450. The van der Waals surface area contributed by atoms with Crippen molar-refractivity contribution in [2.45, 2.75) is 18.0 Å². The lowest BCUT2D eigenvalue weighted by molar-refractivity contribution is -0.192. The lowest BCUT2D eigenvalue weighted by Crippen LogP contribution is -2.21. The number of H-pyrrole nitrogens is 1. The molecular formula is C20H14ClF4N3O4S. The van der Waals surface area contributed by atoms with E-state index >= 15 is 0 Å². The van der Waals surface area contributed by atoms with Gasteiger partial charge < -0.3 is 5.11 Å². The van der Waals surface area contributed by atoms with E-state index in [-0.39, 0.29) is 15.8 Å². The van der Waals surface area contributed by atoms with Crippen LogP contribution in [0.2, 0.25) is 5.15 Å². The molecule has 0 saturated heterocycles. The van der Waals surface area contributed by atoms with Crippen LogP contribution in [0.15, 0.2) is 47.5 Å². The Morgan fingerprint density at radius 2 is 1.79 bits per heavy atom. The molecule has 2 aromatic carbocycles. The fourth-order valence-electron chi connectivity index (χ4n) is 2.99. The third-order valence-corrected chi connectivity index (χ3v) is 6.69. The highest BCUT2D eigenvalue weighted by atomic mass is 35.5. The molecule has 0 bridgehead atoms. The molecule has 0 spiro atoms. The molecule has 174 valence electrons. The van der Waals surface area contributed by atoms with Crippen LogP contribution in [0.4, 0.5) is 17.6 Å². The second-order valence-electron chi connectivity index (χ2n) is 6.65. The van der Waals surface area contributed by atoms with Gasteiger partial charge in [0.1, 0.15) is 15.9 Å². The number of hydrogen-bond donors (Lipinski definition) is 2. The number of nitrogens with zero attached hydrogens (tertiary/aromatic N) is 2. The van der Waals surface area contributed by atoms with Crippen molar-refractivity contribution in [3.63, 3.8) is 0 Å². The number of carboxylic acids is 1. The molecule has 0 aliphatic heterocycles. The van der Waals surface area contributed by atoms with Crippen molar-refractivity contribution >= 4 is 49.2 Å². The minimum absolute atomic E-state index is 0.0383. The second kappa shape index (κ2) is 8.94. The summed E-state index contributed by atoms with van der Waals surface area (Å²) in [5, 5.41) is 15.3. The highest BCUT2D eigenvalue weighted by Gasteiger charge is 2.38. The van der Waals surface area contributed by atoms with Gasteiger partial charge in [-0.05, 0) is 29.8 Å². The maximum absolute atomic E-state index is 13.4. The van der Waals surface area contributed by atoms with E-state index in [0.29, 0.717) is 22.0 Å². The number of fused-ring (bicyclic) bond motifs is 2. The molecule has 4 rings (SSSR count). The number of halogens is 5. The van der Waals surface area contributed by atoms with E-state index in [1.165, 1.54) is 24.3 Å². The molecule has 0 aliphatic rings. The summed E-state index contributed by atoms with van der Waals surface area (Å²) in [5.74, 6) is -3.29. The number of pyridine rings is 1. The predicted octanol–water partition coefficient (Wildman–Crippen LogP) is 5.00. The molecular weight excluding hydrogens is 490 g/mol. The molecule has 0 fully saturated rings. The van der Waals surface area contributed by atoms with Crippen LogP contribution in [0, 0.1) is 5.82 Å². The zero-order chi connectivity index (χ0) is 24.6. The Hall–Kier alpha value is -3.25. The van der Waals surface area contributed by atoms with E-state index in [1.54, 1.807) is 19.2 Å². The summed E-state index contributed by atoms with van der Waals surface area (Å²) in [4.78, 5) is 13.1. The summed E-state index contributed by atoms with van der Waals surface area (Å²) in [7, 11) is -3.66. The van der Waals surface area contributed by atoms with Gasteiger partial charge in [-0.1, -0.05) is 30.7 Å². The Kier molecular flexibility index (Phi) is 6.61. The zero-order valence-electron chi connectivity index (χ0n) is 16.6. The molecule has 0 radical (unpaired) electrons. The van der Waals surface area contributed by atoms with Gasteiger partial charge in [0.25, 0.3) is 0 Å². The Labute approximate surface area is 188 Å². The largest absolute Gasteiger partial charge is 0.490 e. The van der Waals surface area contributed by atoms with Gasteiger partial charge in [0.15, 0.2) is 9.84 Å². The molecule has 2 heterocycles. The standard InChI is InChI=1S/C18H13ClFN3O2S.C2HF3O2/c1-2-26(24,25)17-16(10-3-5-12(20)6-4-10)13-7-11-9-21-23-14(11)8-15(13)22-18(17)19;3-2(4,5)1(6)7/h3-9H,2H2,1H3,(H,21,23);(H,6,7). The fraction of sp³-hybridized carbons (Fsp3) is 0.150. The number of carbonyl (C=O) groups is 1. The lowest BCUT2D eigenvalue weighted by Gasteiger charge is -2.15. The fourth-order valence-corrected chi connectivity index (χ4v) is 4.65. The van der Waals surface area contributed by atoms with Gasteiger partial charge in [-0.2, -0.15) is 18.3 Å². The Balaban J connectivity index is 0.000000383. The molecule has 33 heavy (non-hydrogen) atoms. The highest BCUT2D eigenvalue weighted by molar-refractivity contribution is 7.91. The first-order valence-corrected chi connectivity index (χ1v) is 11.1. The topological polar surface area (TPSA) is 113 Å². The molecule has 0 unspecified atom stereocenters. The third kappa shape index (κ3) is 5.06. The van der Waals surface area contributed by atoms with Gasteiger partial charge in [-0.3, -0.25) is 5.10 Å². The first kappa shape index (κ1) is 24.4. The van der Waals surface area contributed by atoms with Crippen molar-refractivity contribution in [3.05, 3.63) is 53.6 Å². The monoisotopic (exact) mass is 503 g/mol. The number of rotatable bonds is 3. The van der Waals surface area contributed by atoms with Crippen LogP contribution in [-0.2, 0) is 14.6 Å². The summed E-state index contributed by atoms with van der Waals surface area (Å²) < 4.78 is 70.6. The second-order valence-corrected chi connectivity index (χ2v) is 9.22. The van der Waals surface area contributed by atoms with E-state index < -0.39 is 27.8 Å². The first-order valence-electron chi connectivity index (χ1n) is 9.10. The molecule has 4 aromatic rings. The van der Waals surface area contributed by atoms with Gasteiger partial charge >= 0.3 is 12.1 Å². The molecule has 7 nitrogen and oxygen atoms in total. The van der Waals surface area contributed by atoms with Gasteiger partial charge in [-0.15, -0.1) is 0 Å². The van der Waals surface area contributed by atoms with Gasteiger partial charge in [-0.25, -0.2) is 22.6 Å². The molecule has 0 saturated carbocycles. The molecule has 0 aliphatic carbocycles. The lowest BCUT2D eigenvalue weighted by atomic mass is 10.00. The van der Waals surface area contributed by atoms with Gasteiger partial charge in [0.05, 0.1) is 23.0 Å². The number of aromatic nitrogens is 3. The number of benzene rings is 2. The average molecular weight is 504 g/mol. The minimum atomic E-state index is -5.08. The third-order valence-electron chi connectivity index (χ3n) is 4.53. The molecule has 13 heteroatoms. The Morgan fingerprint density at radius 1 is 1.18 bits per heavy atom. The van der Waals surface area contributed by atoms with Crippen LogP contribution in [-0.4, -0.2) is 46.6 Å². The number of aliphatic carboxylic acids is 1. The van der Waals surface area contributed by atoms with Crippen LogP contribution in [0.25, 0.3) is 32.9 Å². The van der Waals surface area contributed by atoms with Crippen LogP contribution in [0.1, 0.15) is 6.92 Å². The normalized spacial score (nSPS) is 11.9. The SMILES string of the molecule is CCS(=O)(=O)c1c(Cl)nc2cc3[nH]ncc3cc2c1-c1ccc(F)cc1.O=C(O)C(F)(F)F. The van der Waals surface area contributed by atoms with Crippen LogP contribution in [0.5, 0.6) is 0 Å².